The molecule has 2 heterocycles. The lowest BCUT2D eigenvalue weighted by Crippen LogP contribution is -2.50. The van der Waals surface area contributed by atoms with Crippen LogP contribution in [0.4, 0.5) is 11.6 Å². The van der Waals surface area contributed by atoms with Gasteiger partial charge in [0.15, 0.2) is 12.4 Å². The zero-order valence-corrected chi connectivity index (χ0v) is 21.5. The number of rotatable bonds is 9. The lowest BCUT2D eigenvalue weighted by atomic mass is 9.99. The SMILES string of the molecule is COC1CC(c2nc(Nc3ccc4[nH]ncc4c3Cl)n(C)n2)=CC=C1OCC(=O)NC1(CO)CCCC1. The molecular weight excluding hydrogens is 498 g/mol. The number of nitrogens with zero attached hydrogens (tertiary/aromatic N) is 4. The Kier molecular flexibility index (Phi) is 7.18. The first kappa shape index (κ1) is 25.2. The summed E-state index contributed by atoms with van der Waals surface area (Å²) in [5.74, 6) is 1.38. The summed E-state index contributed by atoms with van der Waals surface area (Å²) in [6.45, 7) is -0.208. The van der Waals surface area contributed by atoms with E-state index in [0.29, 0.717) is 34.7 Å². The quantitative estimate of drug-likeness (QED) is 0.332. The predicted molar refractivity (Wildman–Crippen MR) is 139 cm³/mol. The van der Waals surface area contributed by atoms with Crippen LogP contribution in [-0.2, 0) is 21.3 Å². The molecule has 0 spiro atoms. The summed E-state index contributed by atoms with van der Waals surface area (Å²) in [5, 5.41) is 28.7. The Balaban J connectivity index is 1.27. The van der Waals surface area contributed by atoms with Crippen LogP contribution in [0.3, 0.4) is 0 Å². The van der Waals surface area contributed by atoms with Crippen LogP contribution in [0.2, 0.25) is 5.02 Å². The number of aliphatic hydroxyl groups is 1. The number of allylic oxidation sites excluding steroid dienone is 2. The number of halogens is 1. The van der Waals surface area contributed by atoms with Crippen molar-refractivity contribution in [2.24, 2.45) is 7.05 Å². The van der Waals surface area contributed by atoms with Crippen molar-refractivity contribution < 1.29 is 19.4 Å². The van der Waals surface area contributed by atoms with Gasteiger partial charge < -0.3 is 25.2 Å². The van der Waals surface area contributed by atoms with E-state index in [2.05, 4.69) is 30.9 Å². The van der Waals surface area contributed by atoms with Gasteiger partial charge in [0.05, 0.1) is 34.6 Å². The largest absolute Gasteiger partial charge is 0.485 e. The van der Waals surface area contributed by atoms with Gasteiger partial charge in [0.25, 0.3) is 5.91 Å². The first-order valence-corrected chi connectivity index (χ1v) is 12.6. The summed E-state index contributed by atoms with van der Waals surface area (Å²) >= 11 is 6.54. The third-order valence-corrected chi connectivity index (χ3v) is 7.36. The van der Waals surface area contributed by atoms with Gasteiger partial charge in [-0.15, -0.1) is 5.10 Å². The monoisotopic (exact) mass is 527 g/mol. The molecular formula is C25H30ClN7O4. The van der Waals surface area contributed by atoms with Gasteiger partial charge in [-0.2, -0.15) is 10.1 Å². The van der Waals surface area contributed by atoms with Crippen LogP contribution in [0.5, 0.6) is 0 Å². The van der Waals surface area contributed by atoms with Crippen molar-refractivity contribution in [3.8, 4) is 0 Å². The van der Waals surface area contributed by atoms with Crippen molar-refractivity contribution in [2.75, 3.05) is 25.6 Å². The van der Waals surface area contributed by atoms with E-state index in [1.807, 2.05) is 18.2 Å². The second kappa shape index (κ2) is 10.5. The molecule has 196 valence electrons. The molecule has 0 radical (unpaired) electrons. The number of fused-ring (bicyclic) bond motifs is 1. The summed E-state index contributed by atoms with van der Waals surface area (Å²) in [7, 11) is 3.39. The average Bonchev–Trinajstić information content (AvgIpc) is 3.65. The number of hydrogen-bond donors (Lipinski definition) is 4. The van der Waals surface area contributed by atoms with E-state index in [1.165, 1.54) is 0 Å². The Morgan fingerprint density at radius 1 is 1.32 bits per heavy atom. The van der Waals surface area contributed by atoms with Gasteiger partial charge in [0.2, 0.25) is 5.95 Å². The van der Waals surface area contributed by atoms with Crippen LogP contribution in [0.1, 0.15) is 37.9 Å². The van der Waals surface area contributed by atoms with Crippen LogP contribution in [0, 0.1) is 0 Å². The standard InChI is InChI=1S/C25H30ClN7O4/c1-33-24(28-18-7-6-17-16(22(18)26)12-27-31-17)29-23(32-33)15-5-8-19(20(11-15)36-2)37-13-21(35)30-25(14-34)9-3-4-10-25/h5-8,12,20,34H,3-4,9-11,13-14H2,1-2H3,(H,27,31)(H,30,35)(H,28,29,32). The number of methoxy groups -OCH3 is 1. The third-order valence-electron chi connectivity index (χ3n) is 6.95. The molecule has 0 saturated heterocycles. The highest BCUT2D eigenvalue weighted by Crippen LogP contribution is 2.33. The Bertz CT molecular complexity index is 1360. The van der Waals surface area contributed by atoms with E-state index in [1.54, 1.807) is 31.1 Å². The molecule has 1 aromatic carbocycles. The number of carbonyl (C=O) groups is 1. The minimum Gasteiger partial charge on any atom is -0.485 e. The van der Waals surface area contributed by atoms with Gasteiger partial charge in [-0.25, -0.2) is 4.68 Å². The maximum absolute atomic E-state index is 12.5. The fourth-order valence-corrected chi connectivity index (χ4v) is 5.11. The fraction of sp³-hybridized carbons (Fsp3) is 0.440. The molecule has 12 heteroatoms. The highest BCUT2D eigenvalue weighted by Gasteiger charge is 2.35. The van der Waals surface area contributed by atoms with Gasteiger partial charge >= 0.3 is 0 Å². The van der Waals surface area contributed by atoms with E-state index in [9.17, 15) is 9.90 Å². The molecule has 11 nitrogen and oxygen atoms in total. The van der Waals surface area contributed by atoms with Gasteiger partial charge in [-0.05, 0) is 31.1 Å². The third kappa shape index (κ3) is 5.20. The van der Waals surface area contributed by atoms with Crippen LogP contribution < -0.4 is 10.6 Å². The number of H-pyrrole nitrogens is 1. The molecule has 5 rings (SSSR count). The van der Waals surface area contributed by atoms with Gasteiger partial charge in [-0.3, -0.25) is 9.89 Å². The van der Waals surface area contributed by atoms with Crippen molar-refractivity contribution in [3.63, 3.8) is 0 Å². The first-order valence-electron chi connectivity index (χ1n) is 12.2. The number of aromatic amines is 1. The van der Waals surface area contributed by atoms with Crippen LogP contribution in [0.15, 0.2) is 36.2 Å². The molecule has 3 aromatic rings. The zero-order chi connectivity index (χ0) is 26.0. The molecule has 4 N–H and O–H groups in total. The van der Waals surface area contributed by atoms with Gasteiger partial charge in [0, 0.05) is 31.5 Å². The van der Waals surface area contributed by atoms with Crippen LogP contribution in [0.25, 0.3) is 16.5 Å². The minimum atomic E-state index is -0.528. The number of nitrogens with one attached hydrogen (secondary N) is 3. The topological polar surface area (TPSA) is 139 Å². The number of hydrogen-bond acceptors (Lipinski definition) is 8. The lowest BCUT2D eigenvalue weighted by Gasteiger charge is -2.28. The second-order valence-electron chi connectivity index (χ2n) is 9.44. The molecule has 2 aromatic heterocycles. The number of aromatic nitrogens is 5. The Labute approximate surface area is 218 Å². The highest BCUT2D eigenvalue weighted by atomic mass is 35.5. The normalized spacial score (nSPS) is 19.0. The molecule has 1 amide bonds. The average molecular weight is 528 g/mol. The molecule has 1 saturated carbocycles. The van der Waals surface area contributed by atoms with E-state index >= 15 is 0 Å². The summed E-state index contributed by atoms with van der Waals surface area (Å²) in [6.07, 6.45) is 8.99. The van der Waals surface area contributed by atoms with E-state index in [4.69, 9.17) is 21.1 Å². The van der Waals surface area contributed by atoms with E-state index in [-0.39, 0.29) is 25.2 Å². The number of aliphatic hydroxyl groups excluding tert-OH is 1. The molecule has 2 aliphatic carbocycles. The number of amides is 1. The molecule has 1 unspecified atom stereocenters. The van der Waals surface area contributed by atoms with Crippen molar-refractivity contribution in [1.29, 1.82) is 0 Å². The summed E-state index contributed by atoms with van der Waals surface area (Å²) in [5.41, 5.74) is 1.88. The smallest absolute Gasteiger partial charge is 0.258 e. The molecule has 1 fully saturated rings. The molecule has 0 aliphatic heterocycles. The second-order valence-corrected chi connectivity index (χ2v) is 9.82. The minimum absolute atomic E-state index is 0.0632. The van der Waals surface area contributed by atoms with Crippen molar-refractivity contribution >= 4 is 45.6 Å². The Morgan fingerprint density at radius 3 is 2.89 bits per heavy atom. The summed E-state index contributed by atoms with van der Waals surface area (Å²) in [6, 6.07) is 3.75. The van der Waals surface area contributed by atoms with E-state index < -0.39 is 5.54 Å². The maximum Gasteiger partial charge on any atom is 0.258 e. The number of carbonyl (C=O) groups excluding carboxylic acids is 1. The summed E-state index contributed by atoms with van der Waals surface area (Å²) in [4.78, 5) is 17.1. The molecule has 37 heavy (non-hydrogen) atoms. The number of aryl methyl sites for hydroxylation is 1. The zero-order valence-electron chi connectivity index (χ0n) is 20.8. The molecule has 2 aliphatic rings. The van der Waals surface area contributed by atoms with Crippen molar-refractivity contribution in [2.45, 2.75) is 43.7 Å². The number of benzene rings is 1. The fourth-order valence-electron chi connectivity index (χ4n) is 4.85. The predicted octanol–water partition coefficient (Wildman–Crippen LogP) is 3.21. The van der Waals surface area contributed by atoms with Gasteiger partial charge in [0.1, 0.15) is 11.9 Å². The van der Waals surface area contributed by atoms with Crippen molar-refractivity contribution in [3.05, 3.63) is 47.1 Å². The lowest BCUT2D eigenvalue weighted by molar-refractivity contribution is -0.127. The van der Waals surface area contributed by atoms with Crippen molar-refractivity contribution in [1.82, 2.24) is 30.3 Å². The first-order chi connectivity index (χ1) is 17.9. The number of ether oxygens (including phenoxy) is 2. The maximum atomic E-state index is 12.5. The molecule has 1 atom stereocenters. The van der Waals surface area contributed by atoms with Crippen LogP contribution in [-0.4, -0.2) is 67.9 Å². The number of anilines is 2. The van der Waals surface area contributed by atoms with Crippen LogP contribution >= 0.6 is 11.6 Å². The highest BCUT2D eigenvalue weighted by molar-refractivity contribution is 6.38. The Morgan fingerprint density at radius 2 is 2.14 bits per heavy atom. The molecule has 0 bridgehead atoms. The summed E-state index contributed by atoms with van der Waals surface area (Å²) < 4.78 is 13.1. The van der Waals surface area contributed by atoms with E-state index in [0.717, 1.165) is 42.2 Å². The van der Waals surface area contributed by atoms with Gasteiger partial charge in [-0.1, -0.05) is 30.5 Å². The Hall–Kier alpha value is -3.41.